The fraction of sp³-hybridized carbons (Fsp3) is 0.375. The molecular weight excluding hydrogens is 280 g/mol. The van der Waals surface area contributed by atoms with Gasteiger partial charge < -0.3 is 10.2 Å². The zero-order valence-corrected chi connectivity index (χ0v) is 13.9. The lowest BCUT2D eigenvalue weighted by Crippen LogP contribution is -2.38. The summed E-state index contributed by atoms with van der Waals surface area (Å²) in [6.07, 6.45) is 0. The van der Waals surface area contributed by atoms with Crippen LogP contribution < -0.4 is 5.32 Å². The highest BCUT2D eigenvalue weighted by molar-refractivity contribution is 7.09. The van der Waals surface area contributed by atoms with E-state index in [2.05, 4.69) is 56.8 Å². The molecule has 1 aromatic carbocycles. The molecule has 21 heavy (non-hydrogen) atoms. The maximum Gasteiger partial charge on any atom is 0.194 e. The Morgan fingerprint density at radius 1 is 1.38 bits per heavy atom. The van der Waals surface area contributed by atoms with Gasteiger partial charge in [0.25, 0.3) is 0 Å². The SMILES string of the molecule is CN=C(NCc1cccc(C)c1)N(C)Cc1csc(C)n1. The van der Waals surface area contributed by atoms with Gasteiger partial charge in [0.05, 0.1) is 17.2 Å². The third-order valence-corrected chi connectivity index (χ3v) is 3.99. The smallest absolute Gasteiger partial charge is 0.194 e. The van der Waals surface area contributed by atoms with Crippen molar-refractivity contribution in [2.24, 2.45) is 4.99 Å². The maximum atomic E-state index is 4.49. The van der Waals surface area contributed by atoms with E-state index in [1.807, 2.05) is 14.0 Å². The van der Waals surface area contributed by atoms with Crippen LogP contribution in [-0.2, 0) is 13.1 Å². The van der Waals surface area contributed by atoms with Gasteiger partial charge in [-0.2, -0.15) is 0 Å². The number of nitrogens with one attached hydrogen (secondary N) is 1. The average Bonchev–Trinajstić information content (AvgIpc) is 2.85. The third-order valence-electron chi connectivity index (χ3n) is 3.17. The van der Waals surface area contributed by atoms with Gasteiger partial charge >= 0.3 is 0 Å². The van der Waals surface area contributed by atoms with Crippen molar-refractivity contribution in [2.75, 3.05) is 14.1 Å². The van der Waals surface area contributed by atoms with Gasteiger partial charge in [0, 0.05) is 26.0 Å². The van der Waals surface area contributed by atoms with Gasteiger partial charge in [0.15, 0.2) is 5.96 Å². The van der Waals surface area contributed by atoms with Crippen molar-refractivity contribution in [1.29, 1.82) is 0 Å². The van der Waals surface area contributed by atoms with E-state index in [0.29, 0.717) is 0 Å². The fourth-order valence-corrected chi connectivity index (χ4v) is 2.79. The molecule has 0 atom stereocenters. The molecule has 2 rings (SSSR count). The highest BCUT2D eigenvalue weighted by atomic mass is 32.1. The molecule has 0 unspecified atom stereocenters. The zero-order valence-electron chi connectivity index (χ0n) is 13.1. The molecule has 0 saturated heterocycles. The molecule has 0 fully saturated rings. The molecule has 112 valence electrons. The van der Waals surface area contributed by atoms with Crippen molar-refractivity contribution in [3.63, 3.8) is 0 Å². The molecule has 0 saturated carbocycles. The number of hydrogen-bond acceptors (Lipinski definition) is 3. The lowest BCUT2D eigenvalue weighted by atomic mass is 10.1. The summed E-state index contributed by atoms with van der Waals surface area (Å²) in [6, 6.07) is 8.49. The highest BCUT2D eigenvalue weighted by Crippen LogP contribution is 2.10. The van der Waals surface area contributed by atoms with E-state index in [4.69, 9.17) is 0 Å². The molecule has 1 aromatic heterocycles. The first-order chi connectivity index (χ1) is 10.1. The van der Waals surface area contributed by atoms with Crippen LogP contribution in [0.15, 0.2) is 34.6 Å². The fourth-order valence-electron chi connectivity index (χ4n) is 2.19. The van der Waals surface area contributed by atoms with Crippen molar-refractivity contribution in [3.8, 4) is 0 Å². The summed E-state index contributed by atoms with van der Waals surface area (Å²) in [4.78, 5) is 10.9. The molecule has 5 heteroatoms. The second-order valence-electron chi connectivity index (χ2n) is 5.10. The molecular formula is C16H22N4S. The van der Waals surface area contributed by atoms with E-state index >= 15 is 0 Å². The van der Waals surface area contributed by atoms with Crippen LogP contribution in [0.5, 0.6) is 0 Å². The Morgan fingerprint density at radius 3 is 2.81 bits per heavy atom. The predicted molar refractivity (Wildman–Crippen MR) is 89.7 cm³/mol. The van der Waals surface area contributed by atoms with Crippen molar-refractivity contribution < 1.29 is 0 Å². The molecule has 0 bridgehead atoms. The minimum atomic E-state index is 0.762. The number of aromatic nitrogens is 1. The van der Waals surface area contributed by atoms with Gasteiger partial charge in [-0.15, -0.1) is 11.3 Å². The van der Waals surface area contributed by atoms with Gasteiger partial charge in [0.1, 0.15) is 0 Å². The van der Waals surface area contributed by atoms with E-state index in [1.54, 1.807) is 18.4 Å². The largest absolute Gasteiger partial charge is 0.352 e. The summed E-state index contributed by atoms with van der Waals surface area (Å²) in [7, 11) is 3.83. The number of nitrogens with zero attached hydrogens (tertiary/aromatic N) is 3. The summed E-state index contributed by atoms with van der Waals surface area (Å²) < 4.78 is 0. The lowest BCUT2D eigenvalue weighted by Gasteiger charge is -2.21. The maximum absolute atomic E-state index is 4.49. The zero-order chi connectivity index (χ0) is 15.2. The Bertz CT molecular complexity index is 618. The lowest BCUT2D eigenvalue weighted by molar-refractivity contribution is 0.470. The van der Waals surface area contributed by atoms with Gasteiger partial charge in [0.2, 0.25) is 0 Å². The molecule has 0 spiro atoms. The van der Waals surface area contributed by atoms with E-state index in [-0.39, 0.29) is 0 Å². The molecule has 0 amide bonds. The number of hydrogen-bond donors (Lipinski definition) is 1. The second-order valence-corrected chi connectivity index (χ2v) is 6.17. The van der Waals surface area contributed by atoms with Crippen LogP contribution in [0.4, 0.5) is 0 Å². The average molecular weight is 302 g/mol. The van der Waals surface area contributed by atoms with Gasteiger partial charge in [-0.25, -0.2) is 4.98 Å². The van der Waals surface area contributed by atoms with Crippen molar-refractivity contribution >= 4 is 17.3 Å². The quantitative estimate of drug-likeness (QED) is 0.697. The number of thiazole rings is 1. The second kappa shape index (κ2) is 7.22. The van der Waals surface area contributed by atoms with Crippen LogP contribution in [0.2, 0.25) is 0 Å². The van der Waals surface area contributed by atoms with E-state index in [0.717, 1.165) is 29.8 Å². The summed E-state index contributed by atoms with van der Waals surface area (Å²) in [6.45, 7) is 5.67. The van der Waals surface area contributed by atoms with Gasteiger partial charge in [-0.05, 0) is 19.4 Å². The summed E-state index contributed by atoms with van der Waals surface area (Å²) >= 11 is 1.68. The number of guanidine groups is 1. The van der Waals surface area contributed by atoms with Crippen LogP contribution in [-0.4, -0.2) is 29.9 Å². The molecule has 2 aromatic rings. The van der Waals surface area contributed by atoms with E-state index in [9.17, 15) is 0 Å². The number of aryl methyl sites for hydroxylation is 2. The first-order valence-corrected chi connectivity index (χ1v) is 7.85. The summed E-state index contributed by atoms with van der Waals surface area (Å²) in [5, 5.41) is 6.59. The summed E-state index contributed by atoms with van der Waals surface area (Å²) in [5.41, 5.74) is 3.61. The topological polar surface area (TPSA) is 40.5 Å². The first-order valence-electron chi connectivity index (χ1n) is 6.97. The number of rotatable bonds is 4. The normalized spacial score (nSPS) is 11.5. The molecule has 0 aliphatic rings. The van der Waals surface area contributed by atoms with E-state index < -0.39 is 0 Å². The van der Waals surface area contributed by atoms with Crippen LogP contribution >= 0.6 is 11.3 Å². The predicted octanol–water partition coefficient (Wildman–Crippen LogP) is 2.97. The highest BCUT2D eigenvalue weighted by Gasteiger charge is 2.08. The third kappa shape index (κ3) is 4.56. The van der Waals surface area contributed by atoms with Crippen molar-refractivity contribution in [2.45, 2.75) is 26.9 Å². The minimum Gasteiger partial charge on any atom is -0.352 e. The van der Waals surface area contributed by atoms with Crippen LogP contribution in [0.3, 0.4) is 0 Å². The Labute approximate surface area is 130 Å². The molecule has 1 N–H and O–H groups in total. The van der Waals surface area contributed by atoms with Gasteiger partial charge in [-0.1, -0.05) is 29.8 Å². The first kappa shape index (κ1) is 15.5. The van der Waals surface area contributed by atoms with Crippen molar-refractivity contribution in [3.05, 3.63) is 51.5 Å². The Balaban J connectivity index is 1.93. The number of benzene rings is 1. The van der Waals surface area contributed by atoms with Crippen molar-refractivity contribution in [1.82, 2.24) is 15.2 Å². The monoisotopic (exact) mass is 302 g/mol. The van der Waals surface area contributed by atoms with E-state index in [1.165, 1.54) is 11.1 Å². The minimum absolute atomic E-state index is 0.762. The van der Waals surface area contributed by atoms with Crippen LogP contribution in [0.25, 0.3) is 0 Å². The molecule has 1 heterocycles. The molecule has 0 radical (unpaired) electrons. The standard InChI is InChI=1S/C16H22N4S/c1-12-6-5-7-14(8-12)9-18-16(17-3)20(4)10-15-11-21-13(2)19-15/h5-8,11H,9-10H2,1-4H3,(H,17,18). The van der Waals surface area contributed by atoms with Crippen LogP contribution in [0, 0.1) is 13.8 Å². The number of aliphatic imine (C=N–C) groups is 1. The Kier molecular flexibility index (Phi) is 5.33. The Hall–Kier alpha value is -1.88. The molecule has 4 nitrogen and oxygen atoms in total. The summed E-state index contributed by atoms with van der Waals surface area (Å²) in [5.74, 6) is 0.877. The van der Waals surface area contributed by atoms with Crippen LogP contribution in [0.1, 0.15) is 21.8 Å². The Morgan fingerprint density at radius 2 is 2.19 bits per heavy atom. The molecule has 0 aliphatic carbocycles. The molecule has 0 aliphatic heterocycles. The van der Waals surface area contributed by atoms with Gasteiger partial charge in [-0.3, -0.25) is 4.99 Å².